The summed E-state index contributed by atoms with van der Waals surface area (Å²) in [6.07, 6.45) is 0.318. The number of hydrogen-bond acceptors (Lipinski definition) is 2. The summed E-state index contributed by atoms with van der Waals surface area (Å²) in [7, 11) is 0. The Morgan fingerprint density at radius 1 is 1.05 bits per heavy atom. The fraction of sp³-hybridized carbons (Fsp3) is 0.333. The zero-order chi connectivity index (χ0) is 15.9. The van der Waals surface area contributed by atoms with Crippen LogP contribution in [0.1, 0.15) is 19.4 Å². The van der Waals surface area contributed by atoms with Crippen LogP contribution < -0.4 is 5.32 Å². The summed E-state index contributed by atoms with van der Waals surface area (Å²) in [5, 5.41) is 5.01. The molecule has 0 spiro atoms. The van der Waals surface area contributed by atoms with Gasteiger partial charge in [-0.15, -0.1) is 0 Å². The maximum atomic E-state index is 12.4. The summed E-state index contributed by atoms with van der Waals surface area (Å²) >= 11 is 0. The Balaban J connectivity index is 2.06. The minimum Gasteiger partial charge on any atom is -0.355 e. The van der Waals surface area contributed by atoms with Gasteiger partial charge in [0.05, 0.1) is 13.0 Å². The van der Waals surface area contributed by atoms with E-state index in [-0.39, 0.29) is 18.4 Å². The molecule has 2 rings (SSSR count). The van der Waals surface area contributed by atoms with E-state index in [9.17, 15) is 9.59 Å². The van der Waals surface area contributed by atoms with Crippen LogP contribution in [-0.2, 0) is 16.0 Å². The number of benzene rings is 2. The smallest absolute Gasteiger partial charge is 0.239 e. The van der Waals surface area contributed by atoms with Gasteiger partial charge in [-0.2, -0.15) is 0 Å². The van der Waals surface area contributed by atoms with Crippen LogP contribution in [-0.4, -0.2) is 36.3 Å². The summed E-state index contributed by atoms with van der Waals surface area (Å²) in [5.74, 6) is -0.139. The molecule has 0 aliphatic heterocycles. The third-order valence-corrected chi connectivity index (χ3v) is 3.61. The summed E-state index contributed by atoms with van der Waals surface area (Å²) in [4.78, 5) is 25.6. The van der Waals surface area contributed by atoms with Gasteiger partial charge in [0.25, 0.3) is 0 Å². The van der Waals surface area contributed by atoms with E-state index in [1.807, 2.05) is 56.3 Å². The van der Waals surface area contributed by atoms with E-state index < -0.39 is 0 Å². The summed E-state index contributed by atoms with van der Waals surface area (Å²) < 4.78 is 0. The normalized spacial score (nSPS) is 10.5. The molecule has 116 valence electrons. The topological polar surface area (TPSA) is 49.4 Å². The van der Waals surface area contributed by atoms with Crippen LogP contribution >= 0.6 is 0 Å². The van der Waals surface area contributed by atoms with Crippen molar-refractivity contribution in [3.05, 3.63) is 48.0 Å². The highest BCUT2D eigenvalue weighted by molar-refractivity contribution is 5.87. The number of nitrogens with zero attached hydrogens (tertiary/aromatic N) is 1. The summed E-state index contributed by atoms with van der Waals surface area (Å²) in [6.45, 7) is 4.98. The highest BCUT2D eigenvalue weighted by Gasteiger charge is 2.15. The Kier molecular flexibility index (Phi) is 5.53. The van der Waals surface area contributed by atoms with Crippen LogP contribution in [0.4, 0.5) is 0 Å². The highest BCUT2D eigenvalue weighted by Crippen LogP contribution is 2.16. The van der Waals surface area contributed by atoms with Crippen molar-refractivity contribution in [3.63, 3.8) is 0 Å². The molecule has 4 nitrogen and oxygen atoms in total. The van der Waals surface area contributed by atoms with Crippen molar-refractivity contribution in [1.82, 2.24) is 10.2 Å². The lowest BCUT2D eigenvalue weighted by molar-refractivity contribution is -0.135. The third kappa shape index (κ3) is 4.07. The molecular weight excluding hydrogens is 276 g/mol. The molecule has 0 aliphatic rings. The molecule has 2 aromatic carbocycles. The Morgan fingerprint density at radius 2 is 1.77 bits per heavy atom. The number of likely N-dealkylation sites (N-methyl/N-ethyl adjacent to an activating group) is 2. The predicted octanol–water partition coefficient (Wildman–Crippen LogP) is 2.37. The molecule has 0 aromatic heterocycles. The molecule has 0 aliphatic carbocycles. The number of nitrogens with one attached hydrogen (secondary N) is 1. The zero-order valence-corrected chi connectivity index (χ0v) is 13.1. The Morgan fingerprint density at radius 3 is 2.45 bits per heavy atom. The lowest BCUT2D eigenvalue weighted by Gasteiger charge is -2.20. The van der Waals surface area contributed by atoms with Gasteiger partial charge < -0.3 is 10.2 Å². The lowest BCUT2D eigenvalue weighted by Crippen LogP contribution is -2.41. The first kappa shape index (κ1) is 16.0. The van der Waals surface area contributed by atoms with Crippen molar-refractivity contribution < 1.29 is 9.59 Å². The highest BCUT2D eigenvalue weighted by atomic mass is 16.2. The van der Waals surface area contributed by atoms with Crippen molar-refractivity contribution >= 4 is 22.6 Å². The van der Waals surface area contributed by atoms with Crippen molar-refractivity contribution in [1.29, 1.82) is 0 Å². The Hall–Kier alpha value is -2.36. The molecule has 0 saturated carbocycles. The van der Waals surface area contributed by atoms with Gasteiger partial charge >= 0.3 is 0 Å². The van der Waals surface area contributed by atoms with Crippen LogP contribution in [0, 0.1) is 0 Å². The molecule has 0 atom stereocenters. The predicted molar refractivity (Wildman–Crippen MR) is 88.6 cm³/mol. The molecule has 22 heavy (non-hydrogen) atoms. The Bertz CT molecular complexity index is 667. The van der Waals surface area contributed by atoms with Crippen LogP contribution in [0.5, 0.6) is 0 Å². The first-order chi connectivity index (χ1) is 10.6. The van der Waals surface area contributed by atoms with Crippen LogP contribution in [0.15, 0.2) is 42.5 Å². The molecular formula is C18H22N2O2. The molecule has 0 fully saturated rings. The van der Waals surface area contributed by atoms with E-state index in [1.54, 1.807) is 4.90 Å². The standard InChI is InChI=1S/C18H22N2O2/c1-3-19-17(21)13-20(4-2)18(22)12-14-9-10-15-7-5-6-8-16(15)11-14/h5-11H,3-4,12-13H2,1-2H3,(H,19,21). The van der Waals surface area contributed by atoms with Crippen LogP contribution in [0.3, 0.4) is 0 Å². The first-order valence-electron chi connectivity index (χ1n) is 7.66. The van der Waals surface area contributed by atoms with E-state index in [2.05, 4.69) is 5.32 Å². The van der Waals surface area contributed by atoms with E-state index in [0.29, 0.717) is 19.5 Å². The largest absolute Gasteiger partial charge is 0.355 e. The van der Waals surface area contributed by atoms with Gasteiger partial charge in [0.2, 0.25) is 11.8 Å². The summed E-state index contributed by atoms with van der Waals surface area (Å²) in [6, 6.07) is 14.1. The molecule has 2 amide bonds. The zero-order valence-electron chi connectivity index (χ0n) is 13.1. The van der Waals surface area contributed by atoms with Crippen molar-refractivity contribution in [2.24, 2.45) is 0 Å². The molecule has 0 heterocycles. The van der Waals surface area contributed by atoms with E-state index >= 15 is 0 Å². The second kappa shape index (κ2) is 7.59. The quantitative estimate of drug-likeness (QED) is 0.890. The van der Waals surface area contributed by atoms with E-state index in [0.717, 1.165) is 16.3 Å². The number of carbonyl (C=O) groups is 2. The van der Waals surface area contributed by atoms with Crippen molar-refractivity contribution in [3.8, 4) is 0 Å². The fourth-order valence-electron chi connectivity index (χ4n) is 2.44. The monoisotopic (exact) mass is 298 g/mol. The molecule has 2 aromatic rings. The third-order valence-electron chi connectivity index (χ3n) is 3.61. The van der Waals surface area contributed by atoms with Crippen molar-refractivity contribution in [2.75, 3.05) is 19.6 Å². The van der Waals surface area contributed by atoms with Gasteiger partial charge in [-0.1, -0.05) is 42.5 Å². The molecule has 0 radical (unpaired) electrons. The number of rotatable bonds is 6. The summed E-state index contributed by atoms with van der Waals surface area (Å²) in [5.41, 5.74) is 0.970. The maximum Gasteiger partial charge on any atom is 0.239 e. The number of hydrogen-bond donors (Lipinski definition) is 1. The molecule has 4 heteroatoms. The van der Waals surface area contributed by atoms with Gasteiger partial charge in [0.1, 0.15) is 0 Å². The maximum absolute atomic E-state index is 12.4. The minimum atomic E-state index is -0.115. The Labute approximate surface area is 131 Å². The first-order valence-corrected chi connectivity index (χ1v) is 7.66. The molecule has 1 N–H and O–H groups in total. The average Bonchev–Trinajstić information content (AvgIpc) is 2.52. The molecule has 0 saturated heterocycles. The fourth-order valence-corrected chi connectivity index (χ4v) is 2.44. The second-order valence-corrected chi connectivity index (χ2v) is 5.22. The van der Waals surface area contributed by atoms with Gasteiger partial charge in [-0.25, -0.2) is 0 Å². The number of fused-ring (bicyclic) bond motifs is 1. The molecule has 0 bridgehead atoms. The van der Waals surface area contributed by atoms with Crippen molar-refractivity contribution in [2.45, 2.75) is 20.3 Å². The molecule has 0 unspecified atom stereocenters. The number of amides is 2. The van der Waals surface area contributed by atoms with Gasteiger partial charge in [-0.05, 0) is 30.2 Å². The van der Waals surface area contributed by atoms with Crippen LogP contribution in [0.2, 0.25) is 0 Å². The second-order valence-electron chi connectivity index (χ2n) is 5.22. The number of carbonyl (C=O) groups excluding carboxylic acids is 2. The van der Waals surface area contributed by atoms with Gasteiger partial charge in [0, 0.05) is 13.1 Å². The lowest BCUT2D eigenvalue weighted by atomic mass is 10.0. The van der Waals surface area contributed by atoms with E-state index in [1.165, 1.54) is 0 Å². The van der Waals surface area contributed by atoms with Crippen LogP contribution in [0.25, 0.3) is 10.8 Å². The van der Waals surface area contributed by atoms with E-state index in [4.69, 9.17) is 0 Å². The SMILES string of the molecule is CCNC(=O)CN(CC)C(=O)Cc1ccc2ccccc2c1. The average molecular weight is 298 g/mol. The van der Waals surface area contributed by atoms with Gasteiger partial charge in [-0.3, -0.25) is 9.59 Å². The minimum absolute atomic E-state index is 0.0240. The van der Waals surface area contributed by atoms with Gasteiger partial charge in [0.15, 0.2) is 0 Å².